The Morgan fingerprint density at radius 3 is 1.96 bits per heavy atom. The zero-order valence-corrected chi connectivity index (χ0v) is 17.8. The first kappa shape index (κ1) is 18.8. The fourth-order valence-corrected chi connectivity index (χ4v) is 10.6. The number of benzene rings is 2. The first-order chi connectivity index (χ1) is 11.7. The van der Waals surface area contributed by atoms with E-state index in [1.807, 2.05) is 0 Å². The largest absolute Gasteiger partial charge is 0.168 e. The minimum absolute atomic E-state index is 0.849. The molecule has 0 saturated carbocycles. The summed E-state index contributed by atoms with van der Waals surface area (Å²) in [6, 6.07) is 24.8. The monoisotopic (exact) mass is 350 g/mol. The van der Waals surface area contributed by atoms with Crippen LogP contribution in [0.2, 0.25) is 24.2 Å². The van der Waals surface area contributed by atoms with E-state index < -0.39 is 16.9 Å². The third-order valence-electron chi connectivity index (χ3n) is 5.33. The maximum atomic E-state index is 3.82. The maximum absolute atomic E-state index is 3.82. The molecule has 24 heavy (non-hydrogen) atoms. The Labute approximate surface area is 150 Å². The van der Waals surface area contributed by atoms with Crippen LogP contribution in [-0.2, 0) is 0 Å². The molecule has 0 aromatic heterocycles. The highest BCUT2D eigenvalue weighted by molar-refractivity contribution is 7.01. The van der Waals surface area contributed by atoms with Crippen molar-refractivity contribution in [3.05, 3.63) is 60.2 Å². The molecule has 2 aromatic carbocycles. The van der Waals surface area contributed by atoms with Gasteiger partial charge in [0.25, 0.3) is 0 Å². The van der Waals surface area contributed by atoms with E-state index in [2.05, 4.69) is 93.8 Å². The molecular formula is C22H30Si2. The van der Waals surface area contributed by atoms with Gasteiger partial charge in [-0.25, -0.2) is 0 Å². The van der Waals surface area contributed by atoms with E-state index in [9.17, 15) is 0 Å². The van der Waals surface area contributed by atoms with Gasteiger partial charge in [0.1, 0.15) is 0 Å². The molecule has 2 aromatic rings. The molecule has 0 N–H and O–H groups in total. The smallest absolute Gasteiger partial charge is 0.120 e. The Balaban J connectivity index is 2.54. The van der Waals surface area contributed by atoms with Gasteiger partial charge in [-0.2, -0.15) is 0 Å². The molecule has 0 atom stereocenters. The van der Waals surface area contributed by atoms with Crippen LogP contribution < -0.4 is 10.4 Å². The third kappa shape index (κ3) is 4.09. The van der Waals surface area contributed by atoms with Gasteiger partial charge in [-0.3, -0.25) is 0 Å². The number of hydrogen-bond acceptors (Lipinski definition) is 0. The second-order valence-electron chi connectivity index (χ2n) is 6.51. The van der Waals surface area contributed by atoms with E-state index in [1.54, 1.807) is 10.4 Å². The second-order valence-corrected chi connectivity index (χ2v) is 14.5. The van der Waals surface area contributed by atoms with Crippen molar-refractivity contribution in [1.29, 1.82) is 0 Å². The summed E-state index contributed by atoms with van der Waals surface area (Å²) in [5.41, 5.74) is 4.97. The summed E-state index contributed by atoms with van der Waals surface area (Å²) in [6.07, 6.45) is 0. The lowest BCUT2D eigenvalue weighted by Gasteiger charge is -2.28. The van der Waals surface area contributed by atoms with Gasteiger partial charge in [0.05, 0.1) is 8.80 Å². The molecule has 0 heterocycles. The van der Waals surface area contributed by atoms with Gasteiger partial charge < -0.3 is 0 Å². The molecule has 0 bridgehead atoms. The molecule has 0 amide bonds. The van der Waals surface area contributed by atoms with E-state index in [0.29, 0.717) is 0 Å². The van der Waals surface area contributed by atoms with E-state index in [-0.39, 0.29) is 0 Å². The first-order valence-electron chi connectivity index (χ1n) is 9.38. The minimum Gasteiger partial charge on any atom is -0.120 e. The number of hydrogen-bond donors (Lipinski definition) is 0. The Hall–Kier alpha value is -1.57. The van der Waals surface area contributed by atoms with Crippen molar-refractivity contribution in [2.45, 2.75) is 51.9 Å². The highest BCUT2D eigenvalue weighted by Gasteiger charge is 2.33. The minimum atomic E-state index is -1.77. The lowest BCUT2D eigenvalue weighted by Crippen LogP contribution is -2.56. The van der Waals surface area contributed by atoms with Gasteiger partial charge in [-0.05, 0) is 29.4 Å². The van der Waals surface area contributed by atoms with Gasteiger partial charge >= 0.3 is 0 Å². The Bertz CT molecular complexity index is 687. The predicted molar refractivity (Wildman–Crippen MR) is 114 cm³/mol. The zero-order chi connectivity index (χ0) is 17.4. The fraction of sp³-hybridized carbons (Fsp3) is 0.364. The average molecular weight is 351 g/mol. The molecule has 2 heteroatoms. The van der Waals surface area contributed by atoms with E-state index >= 15 is 0 Å². The summed E-state index contributed by atoms with van der Waals surface area (Å²) in [6.45, 7) is 9.43. The van der Waals surface area contributed by atoms with Gasteiger partial charge in [0, 0.05) is 5.56 Å². The van der Waals surface area contributed by atoms with Crippen molar-refractivity contribution in [2.24, 2.45) is 0 Å². The standard InChI is InChI=1S/C22H30Si2/c1-5-23(6-2)21-16-12-13-17-22(21)24(7-3,8-4)19-18-20-14-10-9-11-15-20/h9-17,23H,5-8H2,1-4H3. The van der Waals surface area contributed by atoms with Crippen molar-refractivity contribution in [3.63, 3.8) is 0 Å². The normalized spacial score (nSPS) is 11.2. The summed E-state index contributed by atoms with van der Waals surface area (Å²) in [5.74, 6) is 3.52. The summed E-state index contributed by atoms with van der Waals surface area (Å²) in [5, 5.41) is 3.33. The summed E-state index contributed by atoms with van der Waals surface area (Å²) < 4.78 is 0. The van der Waals surface area contributed by atoms with Crippen molar-refractivity contribution in [3.8, 4) is 11.5 Å². The average Bonchev–Trinajstić information content (AvgIpc) is 2.66. The van der Waals surface area contributed by atoms with Crippen LogP contribution in [0.1, 0.15) is 33.3 Å². The topological polar surface area (TPSA) is 0 Å². The van der Waals surface area contributed by atoms with Crippen LogP contribution in [0.25, 0.3) is 0 Å². The Morgan fingerprint density at radius 2 is 1.38 bits per heavy atom. The van der Waals surface area contributed by atoms with Crippen molar-refractivity contribution < 1.29 is 0 Å². The highest BCUT2D eigenvalue weighted by atomic mass is 28.3. The van der Waals surface area contributed by atoms with Crippen molar-refractivity contribution in [1.82, 2.24) is 0 Å². The lowest BCUT2D eigenvalue weighted by molar-refractivity contribution is 1.29. The van der Waals surface area contributed by atoms with Crippen molar-refractivity contribution >= 4 is 27.2 Å². The Morgan fingerprint density at radius 1 is 0.792 bits per heavy atom. The molecular weight excluding hydrogens is 320 g/mol. The van der Waals surface area contributed by atoms with Gasteiger partial charge in [0.2, 0.25) is 0 Å². The summed E-state index contributed by atoms with van der Waals surface area (Å²) >= 11 is 0. The quantitative estimate of drug-likeness (QED) is 0.533. The van der Waals surface area contributed by atoms with E-state index in [4.69, 9.17) is 0 Å². The summed E-state index contributed by atoms with van der Waals surface area (Å²) in [4.78, 5) is 0. The molecule has 0 aliphatic rings. The molecule has 2 rings (SSSR count). The van der Waals surface area contributed by atoms with Crippen LogP contribution in [0.3, 0.4) is 0 Å². The van der Waals surface area contributed by atoms with Gasteiger partial charge in [0.15, 0.2) is 8.07 Å². The molecule has 0 fully saturated rings. The van der Waals surface area contributed by atoms with Crippen LogP contribution in [0.15, 0.2) is 54.6 Å². The summed E-state index contributed by atoms with van der Waals surface area (Å²) in [7, 11) is -2.62. The van der Waals surface area contributed by atoms with E-state index in [1.165, 1.54) is 24.2 Å². The van der Waals surface area contributed by atoms with Gasteiger partial charge in [-0.15, -0.1) is 5.54 Å². The van der Waals surface area contributed by atoms with Gasteiger partial charge in [-0.1, -0.05) is 93.4 Å². The predicted octanol–water partition coefficient (Wildman–Crippen LogP) is 4.45. The van der Waals surface area contributed by atoms with Crippen molar-refractivity contribution in [2.75, 3.05) is 0 Å². The lowest BCUT2D eigenvalue weighted by atomic mass is 10.2. The molecule has 0 radical (unpaired) electrons. The second kappa shape index (κ2) is 9.06. The molecule has 0 spiro atoms. The SMILES string of the molecule is CC[SiH](CC)c1ccccc1[Si](C#Cc1ccccc1)(CC)CC. The Kier molecular flexibility index (Phi) is 7.08. The first-order valence-corrected chi connectivity index (χ1v) is 14.0. The maximum Gasteiger partial charge on any atom is 0.168 e. The molecule has 0 aliphatic carbocycles. The number of rotatable bonds is 6. The molecule has 0 nitrogen and oxygen atoms in total. The third-order valence-corrected chi connectivity index (χ3v) is 13.5. The van der Waals surface area contributed by atoms with Crippen LogP contribution in [0, 0.1) is 11.5 Å². The highest BCUT2D eigenvalue weighted by Crippen LogP contribution is 2.15. The van der Waals surface area contributed by atoms with Crippen LogP contribution in [-0.4, -0.2) is 16.9 Å². The molecule has 126 valence electrons. The molecule has 0 saturated heterocycles. The zero-order valence-electron chi connectivity index (χ0n) is 15.6. The van der Waals surface area contributed by atoms with Crippen LogP contribution in [0.4, 0.5) is 0 Å². The van der Waals surface area contributed by atoms with Crippen LogP contribution in [0.5, 0.6) is 0 Å². The van der Waals surface area contributed by atoms with Crippen LogP contribution >= 0.6 is 0 Å². The van der Waals surface area contributed by atoms with E-state index in [0.717, 1.165) is 5.56 Å². The fourth-order valence-electron chi connectivity index (χ4n) is 3.61. The molecule has 0 aliphatic heterocycles. The molecule has 0 unspecified atom stereocenters.